The molecular formula is C19H29IN4OS. The number of aliphatic imine (C=N–C) groups is 1. The molecule has 0 spiro atoms. The third-order valence-electron chi connectivity index (χ3n) is 4.51. The van der Waals surface area contributed by atoms with Gasteiger partial charge in [-0.15, -0.1) is 35.3 Å². The highest BCUT2D eigenvalue weighted by atomic mass is 127. The molecule has 1 aliphatic carbocycles. The third-order valence-corrected chi connectivity index (χ3v) is 5.64. The van der Waals surface area contributed by atoms with E-state index in [-0.39, 0.29) is 24.0 Å². The van der Waals surface area contributed by atoms with E-state index < -0.39 is 0 Å². The zero-order chi connectivity index (χ0) is 17.3. The normalized spacial score (nSPS) is 15.5. The maximum absolute atomic E-state index is 5.40. The third kappa shape index (κ3) is 6.90. The Morgan fingerprint density at radius 2 is 2.19 bits per heavy atom. The first-order valence-electron chi connectivity index (χ1n) is 9.34. The van der Waals surface area contributed by atoms with Gasteiger partial charge in [0.05, 0.1) is 12.8 Å². The lowest BCUT2D eigenvalue weighted by Gasteiger charge is -2.25. The number of aromatic nitrogens is 1. The molecule has 144 valence electrons. The number of aryl methyl sites for hydroxylation is 1. The van der Waals surface area contributed by atoms with Crippen molar-refractivity contribution in [2.75, 3.05) is 6.54 Å². The van der Waals surface area contributed by atoms with E-state index in [0.717, 1.165) is 36.1 Å². The molecule has 0 unspecified atom stereocenters. The molecule has 0 saturated heterocycles. The number of guanidine groups is 1. The van der Waals surface area contributed by atoms with E-state index in [9.17, 15) is 0 Å². The van der Waals surface area contributed by atoms with Gasteiger partial charge < -0.3 is 15.1 Å². The SMILES string of the molecule is CCc1cnc(CN=C(NCCc2ccco2)NC2CCCCC2)s1.I. The number of halogens is 1. The summed E-state index contributed by atoms with van der Waals surface area (Å²) in [7, 11) is 0. The van der Waals surface area contributed by atoms with Crippen molar-refractivity contribution in [2.45, 2.75) is 64.5 Å². The van der Waals surface area contributed by atoms with Crippen molar-refractivity contribution in [3.8, 4) is 0 Å². The second kappa shape index (κ2) is 11.6. The summed E-state index contributed by atoms with van der Waals surface area (Å²) in [6.45, 7) is 3.60. The van der Waals surface area contributed by atoms with E-state index in [1.54, 1.807) is 17.6 Å². The van der Waals surface area contributed by atoms with Gasteiger partial charge in [0, 0.05) is 30.1 Å². The monoisotopic (exact) mass is 488 g/mol. The minimum atomic E-state index is 0. The number of furan rings is 1. The maximum atomic E-state index is 5.40. The van der Waals surface area contributed by atoms with Crippen LogP contribution >= 0.6 is 35.3 Å². The molecular weight excluding hydrogens is 459 g/mol. The first-order chi connectivity index (χ1) is 12.3. The van der Waals surface area contributed by atoms with Crippen LogP contribution in [0.1, 0.15) is 54.7 Å². The minimum absolute atomic E-state index is 0. The van der Waals surface area contributed by atoms with Crippen molar-refractivity contribution in [3.63, 3.8) is 0 Å². The van der Waals surface area contributed by atoms with E-state index in [4.69, 9.17) is 9.41 Å². The van der Waals surface area contributed by atoms with Crippen molar-refractivity contribution in [1.82, 2.24) is 15.6 Å². The Labute approximate surface area is 177 Å². The predicted molar refractivity (Wildman–Crippen MR) is 118 cm³/mol. The van der Waals surface area contributed by atoms with E-state index in [1.165, 1.54) is 37.0 Å². The van der Waals surface area contributed by atoms with Crippen molar-refractivity contribution in [1.29, 1.82) is 0 Å². The highest BCUT2D eigenvalue weighted by Crippen LogP contribution is 2.17. The van der Waals surface area contributed by atoms with E-state index >= 15 is 0 Å². The molecule has 2 aromatic rings. The van der Waals surface area contributed by atoms with Gasteiger partial charge in [0.25, 0.3) is 0 Å². The molecule has 2 heterocycles. The second-order valence-corrected chi connectivity index (χ2v) is 7.67. The Hall–Kier alpha value is -1.09. The second-order valence-electron chi connectivity index (χ2n) is 6.47. The summed E-state index contributed by atoms with van der Waals surface area (Å²) < 4.78 is 5.40. The van der Waals surface area contributed by atoms with E-state index in [1.807, 2.05) is 18.3 Å². The van der Waals surface area contributed by atoms with Crippen molar-refractivity contribution >= 4 is 41.3 Å². The minimum Gasteiger partial charge on any atom is -0.469 e. The van der Waals surface area contributed by atoms with Gasteiger partial charge >= 0.3 is 0 Å². The average molecular weight is 488 g/mol. The first kappa shape index (κ1) is 21.2. The fourth-order valence-electron chi connectivity index (χ4n) is 3.08. The number of hydrogen-bond donors (Lipinski definition) is 2. The molecule has 2 aromatic heterocycles. The molecule has 7 heteroatoms. The fraction of sp³-hybridized carbons (Fsp3) is 0.579. The number of rotatable bonds is 7. The van der Waals surface area contributed by atoms with Crippen LogP contribution in [0.15, 0.2) is 34.0 Å². The zero-order valence-electron chi connectivity index (χ0n) is 15.4. The molecule has 0 bridgehead atoms. The van der Waals surface area contributed by atoms with Crippen molar-refractivity contribution < 1.29 is 4.42 Å². The number of thiazole rings is 1. The van der Waals surface area contributed by atoms with Gasteiger partial charge in [-0.1, -0.05) is 26.2 Å². The van der Waals surface area contributed by atoms with Crippen LogP contribution in [0.3, 0.4) is 0 Å². The molecule has 1 aliphatic rings. The van der Waals surface area contributed by atoms with Gasteiger partial charge in [-0.2, -0.15) is 0 Å². The Morgan fingerprint density at radius 3 is 2.88 bits per heavy atom. The summed E-state index contributed by atoms with van der Waals surface area (Å²) in [6, 6.07) is 4.47. The highest BCUT2D eigenvalue weighted by Gasteiger charge is 2.14. The number of nitrogens with one attached hydrogen (secondary N) is 2. The topological polar surface area (TPSA) is 62.5 Å². The van der Waals surface area contributed by atoms with Crippen LogP contribution in [0.4, 0.5) is 0 Å². The molecule has 2 N–H and O–H groups in total. The molecule has 5 nitrogen and oxygen atoms in total. The largest absolute Gasteiger partial charge is 0.469 e. The summed E-state index contributed by atoms with van der Waals surface area (Å²) in [5.41, 5.74) is 0. The Balaban J connectivity index is 0.00000243. The van der Waals surface area contributed by atoms with Crippen LogP contribution in [0, 0.1) is 0 Å². The van der Waals surface area contributed by atoms with Gasteiger partial charge in [0.15, 0.2) is 5.96 Å². The number of hydrogen-bond acceptors (Lipinski definition) is 4. The van der Waals surface area contributed by atoms with Crippen LogP contribution in [0.2, 0.25) is 0 Å². The summed E-state index contributed by atoms with van der Waals surface area (Å²) >= 11 is 1.75. The molecule has 0 atom stereocenters. The van der Waals surface area contributed by atoms with Crippen LogP contribution < -0.4 is 10.6 Å². The highest BCUT2D eigenvalue weighted by molar-refractivity contribution is 14.0. The molecule has 1 fully saturated rings. The Bertz CT molecular complexity index is 650. The average Bonchev–Trinajstić information content (AvgIpc) is 3.32. The summed E-state index contributed by atoms with van der Waals surface area (Å²) in [5, 5.41) is 8.14. The van der Waals surface area contributed by atoms with Gasteiger partial charge in [0.2, 0.25) is 0 Å². The lowest BCUT2D eigenvalue weighted by molar-refractivity contribution is 0.409. The lowest BCUT2D eigenvalue weighted by atomic mass is 9.96. The maximum Gasteiger partial charge on any atom is 0.191 e. The zero-order valence-corrected chi connectivity index (χ0v) is 18.5. The number of nitrogens with zero attached hydrogens (tertiary/aromatic N) is 2. The standard InChI is InChI=1S/C19H28N4OS.HI/c1-2-17-13-21-18(25-17)14-22-19(23-15-7-4-3-5-8-15)20-11-10-16-9-6-12-24-16;/h6,9,12-13,15H,2-5,7-8,10-11,14H2,1H3,(H2,20,22,23);1H. The van der Waals surface area contributed by atoms with Crippen LogP contribution in [-0.4, -0.2) is 23.5 Å². The summed E-state index contributed by atoms with van der Waals surface area (Å²) in [4.78, 5) is 10.6. The quantitative estimate of drug-likeness (QED) is 0.342. The van der Waals surface area contributed by atoms with Crippen LogP contribution in [-0.2, 0) is 19.4 Å². The fourth-order valence-corrected chi connectivity index (χ4v) is 3.87. The van der Waals surface area contributed by atoms with Crippen molar-refractivity contribution in [2.24, 2.45) is 4.99 Å². The van der Waals surface area contributed by atoms with Crippen LogP contribution in [0.5, 0.6) is 0 Å². The molecule has 3 rings (SSSR count). The molecule has 26 heavy (non-hydrogen) atoms. The molecule has 1 saturated carbocycles. The van der Waals surface area contributed by atoms with Gasteiger partial charge in [0.1, 0.15) is 10.8 Å². The Morgan fingerprint density at radius 1 is 1.35 bits per heavy atom. The Kier molecular flexibility index (Phi) is 9.45. The molecule has 0 aromatic carbocycles. The van der Waals surface area contributed by atoms with Gasteiger partial charge in [-0.25, -0.2) is 9.98 Å². The van der Waals surface area contributed by atoms with Gasteiger partial charge in [-0.05, 0) is 31.4 Å². The smallest absolute Gasteiger partial charge is 0.191 e. The summed E-state index contributed by atoms with van der Waals surface area (Å²) in [6.07, 6.45) is 12.0. The molecule has 0 aliphatic heterocycles. The summed E-state index contributed by atoms with van der Waals surface area (Å²) in [5.74, 6) is 1.89. The van der Waals surface area contributed by atoms with E-state index in [0.29, 0.717) is 12.6 Å². The van der Waals surface area contributed by atoms with Gasteiger partial charge in [-0.3, -0.25) is 0 Å². The molecule has 0 radical (unpaired) electrons. The molecule has 0 amide bonds. The predicted octanol–water partition coefficient (Wildman–Crippen LogP) is 4.53. The van der Waals surface area contributed by atoms with E-state index in [2.05, 4.69) is 22.5 Å². The van der Waals surface area contributed by atoms with Crippen LogP contribution in [0.25, 0.3) is 0 Å². The lowest BCUT2D eigenvalue weighted by Crippen LogP contribution is -2.44. The first-order valence-corrected chi connectivity index (χ1v) is 10.2. The van der Waals surface area contributed by atoms with Crippen molar-refractivity contribution in [3.05, 3.63) is 40.2 Å².